The first-order valence-corrected chi connectivity index (χ1v) is 7.20. The van der Waals surface area contributed by atoms with Crippen LogP contribution < -0.4 is 5.32 Å². The summed E-state index contributed by atoms with van der Waals surface area (Å²) in [5.74, 6) is 0. The molecule has 19 heavy (non-hydrogen) atoms. The zero-order chi connectivity index (χ0) is 13.7. The maximum absolute atomic E-state index is 5.16. The molecule has 102 valence electrons. The Morgan fingerprint density at radius 2 is 1.95 bits per heavy atom. The van der Waals surface area contributed by atoms with Gasteiger partial charge in [0.1, 0.15) is 0 Å². The Labute approximate surface area is 117 Å². The van der Waals surface area contributed by atoms with Gasteiger partial charge in [-0.25, -0.2) is 0 Å². The second kappa shape index (κ2) is 6.63. The van der Waals surface area contributed by atoms with Gasteiger partial charge in [-0.1, -0.05) is 18.6 Å². The van der Waals surface area contributed by atoms with Crippen molar-refractivity contribution < 1.29 is 0 Å². The summed E-state index contributed by atoms with van der Waals surface area (Å²) in [4.78, 5) is 2.56. The van der Waals surface area contributed by atoms with Gasteiger partial charge < -0.3 is 5.32 Å². The molecule has 0 unspecified atom stereocenters. The predicted octanol–water partition coefficient (Wildman–Crippen LogP) is 2.62. The number of aryl methyl sites for hydroxylation is 2. The molecule has 0 spiro atoms. The lowest BCUT2D eigenvalue weighted by molar-refractivity contribution is 0.249. The summed E-state index contributed by atoms with van der Waals surface area (Å²) in [5, 5.41) is 2.92. The zero-order valence-electron chi connectivity index (χ0n) is 12.1. The molecule has 0 bridgehead atoms. The number of rotatable bonds is 5. The highest BCUT2D eigenvalue weighted by Crippen LogP contribution is 2.22. The smallest absolute Gasteiger partial charge is 0.0236 e. The molecule has 0 amide bonds. The molecule has 2 heteroatoms. The second-order valence-corrected chi connectivity index (χ2v) is 5.51. The Hall–Kier alpha value is -1.46. The van der Waals surface area contributed by atoms with E-state index in [2.05, 4.69) is 42.2 Å². The SMILES string of the molecule is C#CNCCCCN1CCc2cc(C)c(C)cc2C1. The highest BCUT2D eigenvalue weighted by atomic mass is 15.1. The summed E-state index contributed by atoms with van der Waals surface area (Å²) in [6.45, 7) is 8.83. The van der Waals surface area contributed by atoms with E-state index in [9.17, 15) is 0 Å². The number of nitrogens with zero attached hydrogens (tertiary/aromatic N) is 1. The van der Waals surface area contributed by atoms with Crippen molar-refractivity contribution in [3.63, 3.8) is 0 Å². The molecular weight excluding hydrogens is 232 g/mol. The van der Waals surface area contributed by atoms with E-state index in [4.69, 9.17) is 6.42 Å². The number of nitrogens with one attached hydrogen (secondary N) is 1. The summed E-state index contributed by atoms with van der Waals surface area (Å²) < 4.78 is 0. The normalized spacial score (nSPS) is 14.8. The average molecular weight is 256 g/mol. The predicted molar refractivity (Wildman–Crippen MR) is 81.0 cm³/mol. The van der Waals surface area contributed by atoms with Crippen LogP contribution in [-0.4, -0.2) is 24.5 Å². The fourth-order valence-corrected chi connectivity index (χ4v) is 2.73. The molecule has 1 aromatic rings. The molecule has 0 fully saturated rings. The molecule has 1 heterocycles. The third kappa shape index (κ3) is 3.75. The molecule has 1 aliphatic rings. The lowest BCUT2D eigenvalue weighted by atomic mass is 9.94. The number of benzene rings is 1. The van der Waals surface area contributed by atoms with Crippen LogP contribution in [0.15, 0.2) is 12.1 Å². The number of fused-ring (bicyclic) bond motifs is 1. The fourth-order valence-electron chi connectivity index (χ4n) is 2.73. The summed E-state index contributed by atoms with van der Waals surface area (Å²) in [6.07, 6.45) is 8.73. The van der Waals surface area contributed by atoms with Crippen LogP contribution in [0.25, 0.3) is 0 Å². The van der Waals surface area contributed by atoms with Crippen molar-refractivity contribution in [2.24, 2.45) is 0 Å². The van der Waals surface area contributed by atoms with E-state index >= 15 is 0 Å². The van der Waals surface area contributed by atoms with Gasteiger partial charge in [0.05, 0.1) is 0 Å². The first-order valence-electron chi connectivity index (χ1n) is 7.20. The molecule has 0 aliphatic carbocycles. The van der Waals surface area contributed by atoms with Crippen molar-refractivity contribution in [2.45, 2.75) is 39.7 Å². The maximum Gasteiger partial charge on any atom is 0.0236 e. The highest BCUT2D eigenvalue weighted by Gasteiger charge is 2.16. The Bertz CT molecular complexity index is 471. The van der Waals surface area contributed by atoms with Crippen LogP contribution in [0.5, 0.6) is 0 Å². The van der Waals surface area contributed by atoms with Crippen molar-refractivity contribution in [3.05, 3.63) is 34.4 Å². The number of unbranched alkanes of at least 4 members (excludes halogenated alkanes) is 1. The van der Waals surface area contributed by atoms with E-state index in [1.807, 2.05) is 0 Å². The van der Waals surface area contributed by atoms with E-state index in [0.29, 0.717) is 0 Å². The van der Waals surface area contributed by atoms with Crippen LogP contribution in [0.4, 0.5) is 0 Å². The third-order valence-electron chi connectivity index (χ3n) is 4.04. The van der Waals surface area contributed by atoms with Crippen molar-refractivity contribution in [3.8, 4) is 12.5 Å². The first kappa shape index (κ1) is 14.0. The van der Waals surface area contributed by atoms with E-state index in [0.717, 1.165) is 19.5 Å². The van der Waals surface area contributed by atoms with Gasteiger partial charge in [-0.15, -0.1) is 0 Å². The Balaban J connectivity index is 1.85. The molecule has 2 rings (SSSR count). The van der Waals surface area contributed by atoms with Crippen LogP contribution in [0.1, 0.15) is 35.1 Å². The van der Waals surface area contributed by atoms with Crippen molar-refractivity contribution in [1.29, 1.82) is 0 Å². The molecule has 2 nitrogen and oxygen atoms in total. The summed E-state index contributed by atoms with van der Waals surface area (Å²) in [5.41, 5.74) is 5.91. The number of terminal acetylenes is 1. The fraction of sp³-hybridized carbons (Fsp3) is 0.529. The van der Waals surface area contributed by atoms with Gasteiger partial charge in [0, 0.05) is 25.7 Å². The van der Waals surface area contributed by atoms with Crippen LogP contribution in [0.3, 0.4) is 0 Å². The Kier molecular flexibility index (Phi) is 4.87. The standard InChI is InChI=1S/C17H24N2/c1-4-18-8-5-6-9-19-10-7-16-11-14(2)15(3)12-17(16)13-19/h1,11-12,18H,5-10,13H2,2-3H3. The lowest BCUT2D eigenvalue weighted by Gasteiger charge is -2.29. The maximum atomic E-state index is 5.16. The summed E-state index contributed by atoms with van der Waals surface area (Å²) >= 11 is 0. The van der Waals surface area contributed by atoms with E-state index in [-0.39, 0.29) is 0 Å². The van der Waals surface area contributed by atoms with E-state index in [1.54, 1.807) is 5.56 Å². The minimum Gasteiger partial charge on any atom is -0.346 e. The minimum absolute atomic E-state index is 0.930. The molecule has 0 radical (unpaired) electrons. The van der Waals surface area contributed by atoms with Gasteiger partial charge in [0.2, 0.25) is 0 Å². The van der Waals surface area contributed by atoms with Crippen LogP contribution in [0, 0.1) is 26.3 Å². The van der Waals surface area contributed by atoms with Crippen molar-refractivity contribution in [1.82, 2.24) is 10.2 Å². The Morgan fingerprint density at radius 3 is 2.68 bits per heavy atom. The quantitative estimate of drug-likeness (QED) is 0.495. The van der Waals surface area contributed by atoms with Crippen LogP contribution in [0.2, 0.25) is 0 Å². The number of hydrogen-bond donors (Lipinski definition) is 1. The van der Waals surface area contributed by atoms with Gasteiger partial charge in [-0.05, 0) is 61.9 Å². The highest BCUT2D eigenvalue weighted by molar-refractivity contribution is 5.38. The molecular formula is C17H24N2. The number of hydrogen-bond acceptors (Lipinski definition) is 2. The monoisotopic (exact) mass is 256 g/mol. The van der Waals surface area contributed by atoms with Gasteiger partial charge in [-0.3, -0.25) is 4.90 Å². The lowest BCUT2D eigenvalue weighted by Crippen LogP contribution is -2.31. The van der Waals surface area contributed by atoms with Gasteiger partial charge in [-0.2, -0.15) is 0 Å². The zero-order valence-corrected chi connectivity index (χ0v) is 12.1. The third-order valence-corrected chi connectivity index (χ3v) is 4.04. The van der Waals surface area contributed by atoms with Crippen LogP contribution >= 0.6 is 0 Å². The van der Waals surface area contributed by atoms with Gasteiger partial charge in [0.25, 0.3) is 0 Å². The summed E-state index contributed by atoms with van der Waals surface area (Å²) in [6, 6.07) is 7.21. The van der Waals surface area contributed by atoms with E-state index < -0.39 is 0 Å². The summed E-state index contributed by atoms with van der Waals surface area (Å²) in [7, 11) is 0. The largest absolute Gasteiger partial charge is 0.346 e. The molecule has 0 saturated heterocycles. The first-order chi connectivity index (χ1) is 9.20. The minimum atomic E-state index is 0.930. The molecule has 1 N–H and O–H groups in total. The molecule has 0 atom stereocenters. The van der Waals surface area contributed by atoms with E-state index in [1.165, 1.54) is 42.6 Å². The Morgan fingerprint density at radius 1 is 1.21 bits per heavy atom. The van der Waals surface area contributed by atoms with Crippen LogP contribution in [-0.2, 0) is 13.0 Å². The molecule has 1 aliphatic heterocycles. The molecule has 0 saturated carbocycles. The van der Waals surface area contributed by atoms with Gasteiger partial charge in [0.15, 0.2) is 0 Å². The van der Waals surface area contributed by atoms with Crippen molar-refractivity contribution >= 4 is 0 Å². The van der Waals surface area contributed by atoms with Gasteiger partial charge >= 0.3 is 0 Å². The molecule has 0 aromatic heterocycles. The second-order valence-electron chi connectivity index (χ2n) is 5.51. The average Bonchev–Trinajstić information content (AvgIpc) is 2.40. The molecule has 1 aromatic carbocycles. The topological polar surface area (TPSA) is 15.3 Å². The van der Waals surface area contributed by atoms with Crippen molar-refractivity contribution in [2.75, 3.05) is 19.6 Å².